The molecule has 4 aromatic rings. The Kier molecular flexibility index (Phi) is 10.4. The molecular weight excluding hydrogens is 625 g/mol. The van der Waals surface area contributed by atoms with Gasteiger partial charge in [-0.05, 0) is 83.3 Å². The van der Waals surface area contributed by atoms with Crippen molar-refractivity contribution in [1.82, 2.24) is 9.62 Å². The monoisotopic (exact) mass is 668 g/mol. The van der Waals surface area contributed by atoms with Gasteiger partial charge in [-0.15, -0.1) is 0 Å². The minimum Gasteiger partial charge on any atom is -0.467 e. The predicted molar refractivity (Wildman–Crippen MR) is 188 cm³/mol. The quantitative estimate of drug-likeness (QED) is 0.183. The molecule has 0 saturated carbocycles. The third kappa shape index (κ3) is 7.80. The zero-order valence-corrected chi connectivity index (χ0v) is 29.2. The van der Waals surface area contributed by atoms with Crippen LogP contribution in [0.1, 0.15) is 62.9 Å². The van der Waals surface area contributed by atoms with Crippen molar-refractivity contribution in [3.63, 3.8) is 0 Å². The summed E-state index contributed by atoms with van der Waals surface area (Å²) in [5.41, 5.74) is 5.41. The highest BCUT2D eigenvalue weighted by Crippen LogP contribution is 2.37. The number of carbonyl (C=O) groups is 2. The van der Waals surface area contributed by atoms with Crippen LogP contribution in [0.2, 0.25) is 0 Å². The van der Waals surface area contributed by atoms with E-state index in [0.717, 1.165) is 22.3 Å². The Bertz CT molecular complexity index is 1850. The molecule has 1 aliphatic rings. The molecule has 0 radical (unpaired) electrons. The summed E-state index contributed by atoms with van der Waals surface area (Å²) in [6, 6.07) is 28.7. The molecule has 1 amide bonds. The average molecular weight is 669 g/mol. The van der Waals surface area contributed by atoms with Crippen LogP contribution in [0.4, 0.5) is 0 Å². The van der Waals surface area contributed by atoms with Crippen molar-refractivity contribution in [1.29, 1.82) is 0 Å². The number of esters is 1. The molecule has 9 heteroatoms. The van der Waals surface area contributed by atoms with Crippen LogP contribution in [-0.2, 0) is 42.6 Å². The highest BCUT2D eigenvalue weighted by Gasteiger charge is 2.42. The van der Waals surface area contributed by atoms with Crippen molar-refractivity contribution < 1.29 is 27.5 Å². The first-order chi connectivity index (χ1) is 22.8. The van der Waals surface area contributed by atoms with Crippen molar-refractivity contribution in [2.75, 3.05) is 13.7 Å². The van der Waals surface area contributed by atoms with Crippen LogP contribution in [0.5, 0.6) is 11.5 Å². The molecule has 1 heterocycles. The van der Waals surface area contributed by atoms with E-state index in [4.69, 9.17) is 9.47 Å². The standard InChI is InChI=1S/C39H44N2O6S/c1-26(2)48(44,45)41-23-22-30-16-19-33(47-32-20-17-31(18-21-32)39(3,4)5)25-34(30)36(41)37(42)40-35(38(43)46-6)24-27-12-14-29(15-13-27)28-10-8-7-9-11-28/h7-21,25-26,35-36H,22-24H2,1-6H3,(H,40,42)/t35-,36?/m0/s1. The van der Waals surface area contributed by atoms with Crippen LogP contribution in [0.3, 0.4) is 0 Å². The van der Waals surface area contributed by atoms with E-state index in [1.165, 1.54) is 17.0 Å². The van der Waals surface area contributed by atoms with Crippen molar-refractivity contribution in [3.05, 3.63) is 119 Å². The lowest BCUT2D eigenvalue weighted by Crippen LogP contribution is -2.52. The molecule has 2 atom stereocenters. The molecule has 1 aliphatic heterocycles. The highest BCUT2D eigenvalue weighted by atomic mass is 32.2. The lowest BCUT2D eigenvalue weighted by atomic mass is 9.87. The molecule has 0 aliphatic carbocycles. The van der Waals surface area contributed by atoms with Crippen molar-refractivity contribution in [3.8, 4) is 22.6 Å². The number of fused-ring (bicyclic) bond motifs is 1. The van der Waals surface area contributed by atoms with Gasteiger partial charge in [0.05, 0.1) is 12.4 Å². The summed E-state index contributed by atoms with van der Waals surface area (Å²) in [6.07, 6.45) is 0.595. The van der Waals surface area contributed by atoms with Gasteiger partial charge in [0.25, 0.3) is 0 Å². The largest absolute Gasteiger partial charge is 0.467 e. The first-order valence-corrected chi connectivity index (χ1v) is 17.7. The fraction of sp³-hybridized carbons (Fsp3) is 0.333. The maximum Gasteiger partial charge on any atom is 0.328 e. The molecule has 1 unspecified atom stereocenters. The normalized spacial score (nSPS) is 15.8. The molecule has 0 fully saturated rings. The van der Waals surface area contributed by atoms with Gasteiger partial charge in [-0.1, -0.05) is 93.6 Å². The van der Waals surface area contributed by atoms with Crippen molar-refractivity contribution >= 4 is 21.9 Å². The summed E-state index contributed by atoms with van der Waals surface area (Å²) in [5, 5.41) is 2.09. The second-order valence-corrected chi connectivity index (χ2v) is 15.9. The summed E-state index contributed by atoms with van der Waals surface area (Å²) in [5.74, 6) is -0.138. The van der Waals surface area contributed by atoms with Crippen LogP contribution in [0, 0.1) is 0 Å². The van der Waals surface area contributed by atoms with E-state index in [1.54, 1.807) is 19.9 Å². The number of sulfonamides is 1. The Morgan fingerprint density at radius 1 is 0.875 bits per heavy atom. The maximum absolute atomic E-state index is 14.2. The van der Waals surface area contributed by atoms with E-state index in [9.17, 15) is 18.0 Å². The maximum atomic E-state index is 14.2. The minimum absolute atomic E-state index is 0.00995. The second-order valence-electron chi connectivity index (χ2n) is 13.4. The number of nitrogens with one attached hydrogen (secondary N) is 1. The Balaban J connectivity index is 1.44. The summed E-state index contributed by atoms with van der Waals surface area (Å²) < 4.78 is 39.8. The van der Waals surface area contributed by atoms with Gasteiger partial charge in [-0.3, -0.25) is 4.79 Å². The van der Waals surface area contributed by atoms with E-state index in [1.807, 2.05) is 91.0 Å². The van der Waals surface area contributed by atoms with Crippen molar-refractivity contribution in [2.45, 2.75) is 70.2 Å². The lowest BCUT2D eigenvalue weighted by Gasteiger charge is -2.37. The van der Waals surface area contributed by atoms with Gasteiger partial charge in [0.1, 0.15) is 23.6 Å². The number of hydrogen-bond donors (Lipinski definition) is 1. The molecule has 252 valence electrons. The van der Waals surface area contributed by atoms with Gasteiger partial charge >= 0.3 is 5.97 Å². The van der Waals surface area contributed by atoms with Crippen LogP contribution >= 0.6 is 0 Å². The van der Waals surface area contributed by atoms with E-state index >= 15 is 0 Å². The average Bonchev–Trinajstić information content (AvgIpc) is 3.07. The van der Waals surface area contributed by atoms with E-state index < -0.39 is 39.2 Å². The Labute approximate surface area is 284 Å². The Morgan fingerprint density at radius 2 is 1.50 bits per heavy atom. The number of methoxy groups -OCH3 is 1. The summed E-state index contributed by atoms with van der Waals surface area (Å²) in [6.45, 7) is 9.74. The van der Waals surface area contributed by atoms with E-state index in [2.05, 4.69) is 26.1 Å². The van der Waals surface area contributed by atoms with Gasteiger partial charge < -0.3 is 14.8 Å². The SMILES string of the molecule is COC(=O)[C@H](Cc1ccc(-c2ccccc2)cc1)NC(=O)C1c2cc(Oc3ccc(C(C)(C)C)cc3)ccc2CCN1S(=O)(=O)C(C)C. The van der Waals surface area contributed by atoms with E-state index in [0.29, 0.717) is 23.5 Å². The van der Waals surface area contributed by atoms with Gasteiger partial charge in [-0.2, -0.15) is 4.31 Å². The van der Waals surface area contributed by atoms with Gasteiger partial charge in [0, 0.05) is 13.0 Å². The Hall–Kier alpha value is -4.47. The molecular formula is C39H44N2O6S. The summed E-state index contributed by atoms with van der Waals surface area (Å²) in [7, 11) is -2.60. The third-order valence-corrected chi connectivity index (χ3v) is 11.0. The molecule has 0 aromatic heterocycles. The number of nitrogens with zero attached hydrogens (tertiary/aromatic N) is 1. The lowest BCUT2D eigenvalue weighted by molar-refractivity contribution is -0.145. The van der Waals surface area contributed by atoms with Crippen LogP contribution in [0.25, 0.3) is 11.1 Å². The second kappa shape index (κ2) is 14.3. The van der Waals surface area contributed by atoms with Crippen LogP contribution < -0.4 is 10.1 Å². The number of carbonyl (C=O) groups excluding carboxylic acids is 2. The smallest absolute Gasteiger partial charge is 0.328 e. The van der Waals surface area contributed by atoms with Crippen LogP contribution in [-0.4, -0.2) is 49.5 Å². The van der Waals surface area contributed by atoms with Crippen molar-refractivity contribution in [2.24, 2.45) is 0 Å². The van der Waals surface area contributed by atoms with Gasteiger partial charge in [-0.25, -0.2) is 13.2 Å². The topological polar surface area (TPSA) is 102 Å². The molecule has 0 spiro atoms. The summed E-state index contributed by atoms with van der Waals surface area (Å²) in [4.78, 5) is 27.2. The highest BCUT2D eigenvalue weighted by molar-refractivity contribution is 7.89. The third-order valence-electron chi connectivity index (χ3n) is 8.73. The van der Waals surface area contributed by atoms with E-state index in [-0.39, 0.29) is 18.4 Å². The number of amides is 1. The number of hydrogen-bond acceptors (Lipinski definition) is 6. The number of benzene rings is 4. The number of ether oxygens (including phenoxy) is 2. The molecule has 0 saturated heterocycles. The molecule has 8 nitrogen and oxygen atoms in total. The van der Waals surface area contributed by atoms with Gasteiger partial charge in [0.2, 0.25) is 15.9 Å². The van der Waals surface area contributed by atoms with Gasteiger partial charge in [0.15, 0.2) is 0 Å². The molecule has 0 bridgehead atoms. The minimum atomic E-state index is -3.86. The zero-order chi connectivity index (χ0) is 34.6. The summed E-state index contributed by atoms with van der Waals surface area (Å²) >= 11 is 0. The first-order valence-electron chi connectivity index (χ1n) is 16.2. The Morgan fingerprint density at radius 3 is 2.10 bits per heavy atom. The molecule has 1 N–H and O–H groups in total. The molecule has 5 rings (SSSR count). The predicted octanol–water partition coefficient (Wildman–Crippen LogP) is 6.98. The molecule has 48 heavy (non-hydrogen) atoms. The fourth-order valence-corrected chi connectivity index (χ4v) is 7.29. The fourth-order valence-electron chi connectivity index (χ4n) is 5.90. The first kappa shape index (κ1) is 34.9. The van der Waals surface area contributed by atoms with Crippen LogP contribution in [0.15, 0.2) is 97.1 Å². The number of rotatable bonds is 10. The molecule has 4 aromatic carbocycles. The zero-order valence-electron chi connectivity index (χ0n) is 28.4.